The number of nitrogens with one attached hydrogen (secondary N) is 2. The Morgan fingerprint density at radius 1 is 1.53 bits per heavy atom. The molecule has 19 heavy (non-hydrogen) atoms. The molecule has 100 valence electrons. The highest BCUT2D eigenvalue weighted by atomic mass is 35.5. The molecule has 7 heteroatoms. The Labute approximate surface area is 114 Å². The molecule has 0 aliphatic carbocycles. The van der Waals surface area contributed by atoms with Crippen LogP contribution in [0.3, 0.4) is 0 Å². The van der Waals surface area contributed by atoms with Crippen LogP contribution < -0.4 is 5.32 Å². The number of benzene rings is 1. The average molecular weight is 281 g/mol. The molecule has 2 rings (SSSR count). The highest BCUT2D eigenvalue weighted by Crippen LogP contribution is 2.32. The van der Waals surface area contributed by atoms with Gasteiger partial charge >= 0.3 is 0 Å². The van der Waals surface area contributed by atoms with Crippen molar-refractivity contribution in [2.45, 2.75) is 19.9 Å². The minimum absolute atomic E-state index is 0.0231. The van der Waals surface area contributed by atoms with Crippen molar-refractivity contribution in [3.8, 4) is 0 Å². The smallest absolute Gasteiger partial charge is 0.288 e. The van der Waals surface area contributed by atoms with Gasteiger partial charge in [-0.1, -0.05) is 11.6 Å². The normalized spacial score (nSPS) is 12.2. The minimum atomic E-state index is -0.487. The summed E-state index contributed by atoms with van der Waals surface area (Å²) in [7, 11) is 0. The predicted octanol–water partition coefficient (Wildman–Crippen LogP) is 3.45. The molecule has 0 amide bonds. The number of hydrogen-bond donors (Lipinski definition) is 2. The number of nitro benzene ring substituents is 1. The van der Waals surface area contributed by atoms with Crippen molar-refractivity contribution in [3.05, 3.63) is 50.8 Å². The number of halogens is 1. The molecular weight excluding hydrogens is 268 g/mol. The lowest BCUT2D eigenvalue weighted by Crippen LogP contribution is -2.07. The van der Waals surface area contributed by atoms with Crippen LogP contribution in [-0.4, -0.2) is 15.1 Å². The fraction of sp³-hybridized carbons (Fsp3) is 0.250. The Kier molecular flexibility index (Phi) is 3.71. The minimum Gasteiger partial charge on any atom is -0.378 e. The second kappa shape index (κ2) is 5.27. The van der Waals surface area contributed by atoms with Gasteiger partial charge in [0.25, 0.3) is 5.69 Å². The van der Waals surface area contributed by atoms with E-state index in [9.17, 15) is 10.1 Å². The van der Waals surface area contributed by atoms with Crippen molar-refractivity contribution in [3.63, 3.8) is 0 Å². The van der Waals surface area contributed by atoms with Crippen LogP contribution in [0.5, 0.6) is 0 Å². The van der Waals surface area contributed by atoms with Crippen LogP contribution >= 0.6 is 11.6 Å². The standard InChI is InChI=1S/C12H13ClN4O2/c1-7-3-12(17(18)19)10(13)4-11(7)16-8(2)9-5-14-15-6-9/h3-6,8,16H,1-2H3,(H,14,15). The zero-order chi connectivity index (χ0) is 14.0. The summed E-state index contributed by atoms with van der Waals surface area (Å²) in [4.78, 5) is 10.3. The summed E-state index contributed by atoms with van der Waals surface area (Å²) in [5.41, 5.74) is 2.45. The number of nitro groups is 1. The van der Waals surface area contributed by atoms with Crippen molar-refractivity contribution in [1.29, 1.82) is 0 Å². The van der Waals surface area contributed by atoms with Gasteiger partial charge in [0.05, 0.1) is 17.2 Å². The van der Waals surface area contributed by atoms with Gasteiger partial charge in [0, 0.05) is 23.5 Å². The number of nitrogens with zero attached hydrogens (tertiary/aromatic N) is 2. The van der Waals surface area contributed by atoms with E-state index in [1.165, 1.54) is 6.07 Å². The molecule has 0 radical (unpaired) electrons. The van der Waals surface area contributed by atoms with E-state index < -0.39 is 4.92 Å². The third-order valence-corrected chi connectivity index (χ3v) is 3.18. The molecule has 0 saturated carbocycles. The Morgan fingerprint density at radius 2 is 2.26 bits per heavy atom. The van der Waals surface area contributed by atoms with Gasteiger partial charge in [0.15, 0.2) is 0 Å². The third kappa shape index (κ3) is 2.85. The molecule has 0 spiro atoms. The number of aromatic nitrogens is 2. The van der Waals surface area contributed by atoms with Gasteiger partial charge in [-0.25, -0.2) is 0 Å². The lowest BCUT2D eigenvalue weighted by molar-refractivity contribution is -0.384. The van der Waals surface area contributed by atoms with Crippen molar-refractivity contribution < 1.29 is 4.92 Å². The van der Waals surface area contributed by atoms with Crippen LogP contribution in [0, 0.1) is 17.0 Å². The number of aromatic amines is 1. The average Bonchev–Trinajstić information content (AvgIpc) is 2.86. The summed E-state index contributed by atoms with van der Waals surface area (Å²) in [5.74, 6) is 0. The summed E-state index contributed by atoms with van der Waals surface area (Å²) < 4.78 is 0. The number of H-pyrrole nitrogens is 1. The van der Waals surface area contributed by atoms with Crippen molar-refractivity contribution >= 4 is 23.0 Å². The first-order chi connectivity index (χ1) is 8.99. The van der Waals surface area contributed by atoms with E-state index in [0.29, 0.717) is 0 Å². The Balaban J connectivity index is 2.26. The molecule has 1 unspecified atom stereocenters. The maximum Gasteiger partial charge on any atom is 0.288 e. The molecule has 1 aromatic carbocycles. The molecule has 0 aliphatic rings. The lowest BCUT2D eigenvalue weighted by atomic mass is 10.1. The number of rotatable bonds is 4. The van der Waals surface area contributed by atoms with E-state index in [-0.39, 0.29) is 16.8 Å². The number of aryl methyl sites for hydroxylation is 1. The van der Waals surface area contributed by atoms with Gasteiger partial charge in [-0.05, 0) is 25.5 Å². The SMILES string of the molecule is Cc1cc([N+](=O)[O-])c(Cl)cc1NC(C)c1cn[nH]c1. The number of anilines is 1. The molecule has 2 aromatic rings. The first-order valence-corrected chi connectivity index (χ1v) is 6.06. The van der Waals surface area contributed by atoms with Crippen LogP contribution in [0.25, 0.3) is 0 Å². The van der Waals surface area contributed by atoms with Gasteiger partial charge in [-0.15, -0.1) is 0 Å². The zero-order valence-corrected chi connectivity index (χ0v) is 11.2. The summed E-state index contributed by atoms with van der Waals surface area (Å²) in [5, 5.41) is 20.8. The first kappa shape index (κ1) is 13.4. The molecule has 6 nitrogen and oxygen atoms in total. The lowest BCUT2D eigenvalue weighted by Gasteiger charge is -2.16. The Hall–Kier alpha value is -2.08. The fourth-order valence-electron chi connectivity index (χ4n) is 1.78. The van der Waals surface area contributed by atoms with Crippen molar-refractivity contribution in [2.24, 2.45) is 0 Å². The van der Waals surface area contributed by atoms with Gasteiger partial charge in [-0.3, -0.25) is 15.2 Å². The molecule has 1 heterocycles. The highest BCUT2D eigenvalue weighted by Gasteiger charge is 2.16. The zero-order valence-electron chi connectivity index (χ0n) is 10.5. The molecule has 1 aromatic heterocycles. The Bertz CT molecular complexity index is 598. The van der Waals surface area contributed by atoms with Gasteiger partial charge in [0.2, 0.25) is 0 Å². The van der Waals surface area contributed by atoms with E-state index >= 15 is 0 Å². The fourth-order valence-corrected chi connectivity index (χ4v) is 2.01. The number of hydrogen-bond acceptors (Lipinski definition) is 4. The van der Waals surface area contributed by atoms with E-state index in [1.807, 2.05) is 6.92 Å². The first-order valence-electron chi connectivity index (χ1n) is 5.68. The van der Waals surface area contributed by atoms with Crippen molar-refractivity contribution in [2.75, 3.05) is 5.32 Å². The molecule has 0 bridgehead atoms. The third-order valence-electron chi connectivity index (χ3n) is 2.88. The van der Waals surface area contributed by atoms with Crippen LogP contribution in [0.1, 0.15) is 24.1 Å². The van der Waals surface area contributed by atoms with E-state index in [2.05, 4.69) is 15.5 Å². The second-order valence-corrected chi connectivity index (χ2v) is 4.68. The monoisotopic (exact) mass is 280 g/mol. The molecule has 1 atom stereocenters. The van der Waals surface area contributed by atoms with Crippen LogP contribution in [0.2, 0.25) is 5.02 Å². The predicted molar refractivity (Wildman–Crippen MR) is 73.5 cm³/mol. The molecule has 0 fully saturated rings. The summed E-state index contributed by atoms with van der Waals surface area (Å²) in [6, 6.07) is 3.06. The van der Waals surface area contributed by atoms with Crippen LogP contribution in [-0.2, 0) is 0 Å². The molecule has 2 N–H and O–H groups in total. The second-order valence-electron chi connectivity index (χ2n) is 4.27. The molecular formula is C12H13ClN4O2. The van der Waals surface area contributed by atoms with Crippen LogP contribution in [0.4, 0.5) is 11.4 Å². The van der Waals surface area contributed by atoms with Crippen molar-refractivity contribution in [1.82, 2.24) is 10.2 Å². The topological polar surface area (TPSA) is 83.8 Å². The van der Waals surface area contributed by atoms with Gasteiger partial charge < -0.3 is 5.32 Å². The maximum absolute atomic E-state index is 10.8. The summed E-state index contributed by atoms with van der Waals surface area (Å²) in [6.45, 7) is 3.77. The highest BCUT2D eigenvalue weighted by molar-refractivity contribution is 6.33. The van der Waals surface area contributed by atoms with E-state index in [0.717, 1.165) is 16.8 Å². The molecule has 0 saturated heterocycles. The molecule has 0 aliphatic heterocycles. The van der Waals surface area contributed by atoms with Gasteiger partial charge in [0.1, 0.15) is 5.02 Å². The largest absolute Gasteiger partial charge is 0.378 e. The van der Waals surface area contributed by atoms with E-state index in [1.54, 1.807) is 25.4 Å². The van der Waals surface area contributed by atoms with E-state index in [4.69, 9.17) is 11.6 Å². The maximum atomic E-state index is 10.8. The summed E-state index contributed by atoms with van der Waals surface area (Å²) in [6.07, 6.45) is 3.51. The van der Waals surface area contributed by atoms with Gasteiger partial charge in [-0.2, -0.15) is 5.10 Å². The Morgan fingerprint density at radius 3 is 2.84 bits per heavy atom. The van der Waals surface area contributed by atoms with Crippen LogP contribution in [0.15, 0.2) is 24.5 Å². The quantitative estimate of drug-likeness (QED) is 0.663. The summed E-state index contributed by atoms with van der Waals surface area (Å²) >= 11 is 5.90.